The van der Waals surface area contributed by atoms with E-state index in [1.807, 2.05) is 23.6 Å². The lowest BCUT2D eigenvalue weighted by Gasteiger charge is -2.41. The van der Waals surface area contributed by atoms with Crippen molar-refractivity contribution < 1.29 is 14.4 Å². The molecule has 2 fully saturated rings. The monoisotopic (exact) mass is 338 g/mol. The average Bonchev–Trinajstić information content (AvgIpc) is 2.54. The molecule has 2 saturated heterocycles. The van der Waals surface area contributed by atoms with Gasteiger partial charge in [0.15, 0.2) is 0 Å². The van der Waals surface area contributed by atoms with Crippen LogP contribution in [-0.4, -0.2) is 72.3 Å². The summed E-state index contributed by atoms with van der Waals surface area (Å²) in [6, 6.07) is 0.272. The topological polar surface area (TPSA) is 81.8 Å². The van der Waals surface area contributed by atoms with Crippen LogP contribution < -0.4 is 10.6 Å². The minimum atomic E-state index is 0.000680. The molecule has 0 aromatic rings. The van der Waals surface area contributed by atoms with Crippen molar-refractivity contribution in [3.8, 4) is 0 Å². The number of hydrogen-bond donors (Lipinski definition) is 2. The Kier molecular flexibility index (Phi) is 7.02. The fourth-order valence-corrected chi connectivity index (χ4v) is 3.40. The average molecular weight is 338 g/mol. The molecule has 7 nitrogen and oxygen atoms in total. The molecule has 0 aromatic heterocycles. The summed E-state index contributed by atoms with van der Waals surface area (Å²) >= 11 is 0. The smallest absolute Gasteiger partial charge is 0.236 e. The van der Waals surface area contributed by atoms with E-state index in [0.29, 0.717) is 32.4 Å². The van der Waals surface area contributed by atoms with Crippen LogP contribution in [-0.2, 0) is 14.4 Å². The normalized spacial score (nSPS) is 22.0. The van der Waals surface area contributed by atoms with Gasteiger partial charge in [-0.1, -0.05) is 0 Å². The first-order valence-electron chi connectivity index (χ1n) is 9.04. The summed E-state index contributed by atoms with van der Waals surface area (Å²) in [7, 11) is 0. The minimum absolute atomic E-state index is 0.000680. The van der Waals surface area contributed by atoms with Crippen LogP contribution in [0.5, 0.6) is 0 Å². The van der Waals surface area contributed by atoms with E-state index < -0.39 is 0 Å². The third kappa shape index (κ3) is 5.47. The highest BCUT2D eigenvalue weighted by atomic mass is 16.2. The zero-order valence-corrected chi connectivity index (χ0v) is 14.8. The van der Waals surface area contributed by atoms with E-state index >= 15 is 0 Å². The van der Waals surface area contributed by atoms with Crippen molar-refractivity contribution in [3.05, 3.63) is 0 Å². The van der Waals surface area contributed by atoms with Gasteiger partial charge in [-0.25, -0.2) is 0 Å². The lowest BCUT2D eigenvalue weighted by molar-refractivity contribution is -0.140. The Balaban J connectivity index is 1.75. The summed E-state index contributed by atoms with van der Waals surface area (Å²) < 4.78 is 0. The quantitative estimate of drug-likeness (QED) is 0.720. The first-order valence-corrected chi connectivity index (χ1v) is 9.04. The Morgan fingerprint density at radius 2 is 2.08 bits per heavy atom. The van der Waals surface area contributed by atoms with Gasteiger partial charge in [0.2, 0.25) is 17.7 Å². The van der Waals surface area contributed by atoms with Gasteiger partial charge >= 0.3 is 0 Å². The molecule has 0 saturated carbocycles. The third-order valence-corrected chi connectivity index (χ3v) is 4.56. The maximum absolute atomic E-state index is 12.4. The van der Waals surface area contributed by atoms with Crippen LogP contribution in [0.2, 0.25) is 0 Å². The summed E-state index contributed by atoms with van der Waals surface area (Å²) in [6.45, 7) is 7.18. The molecule has 136 valence electrons. The zero-order chi connectivity index (χ0) is 17.5. The van der Waals surface area contributed by atoms with Gasteiger partial charge in [0, 0.05) is 51.1 Å². The predicted molar refractivity (Wildman–Crippen MR) is 91.3 cm³/mol. The molecule has 0 aliphatic carbocycles. The molecular weight excluding hydrogens is 308 g/mol. The Morgan fingerprint density at radius 1 is 1.29 bits per heavy atom. The Hall–Kier alpha value is -1.63. The van der Waals surface area contributed by atoms with Gasteiger partial charge in [0.1, 0.15) is 0 Å². The standard InChI is InChI=1S/C17H30N4O3/c1-13(2)19-15(22)6-3-7-16(23)20-9-4-5-14(12-20)21-10-8-18-11-17(21)24/h13-14,18H,3-12H2,1-2H3,(H,19,22). The maximum atomic E-state index is 12.4. The molecule has 2 aliphatic rings. The van der Waals surface area contributed by atoms with Crippen molar-refractivity contribution in [2.45, 2.75) is 58.0 Å². The molecule has 0 aromatic carbocycles. The van der Waals surface area contributed by atoms with Crippen LogP contribution in [0.15, 0.2) is 0 Å². The summed E-state index contributed by atoms with van der Waals surface area (Å²) in [5.41, 5.74) is 0. The lowest BCUT2D eigenvalue weighted by atomic mass is 10.0. The highest BCUT2D eigenvalue weighted by Gasteiger charge is 2.31. The van der Waals surface area contributed by atoms with Crippen LogP contribution in [0.4, 0.5) is 0 Å². The predicted octanol–water partition coefficient (Wildman–Crippen LogP) is 0.104. The molecule has 3 amide bonds. The van der Waals surface area contributed by atoms with Crippen molar-refractivity contribution in [3.63, 3.8) is 0 Å². The van der Waals surface area contributed by atoms with Crippen molar-refractivity contribution >= 4 is 17.7 Å². The van der Waals surface area contributed by atoms with E-state index in [1.54, 1.807) is 0 Å². The third-order valence-electron chi connectivity index (χ3n) is 4.56. The van der Waals surface area contributed by atoms with E-state index in [2.05, 4.69) is 10.6 Å². The molecule has 2 rings (SSSR count). The number of likely N-dealkylation sites (tertiary alicyclic amines) is 1. The molecule has 7 heteroatoms. The van der Waals surface area contributed by atoms with Crippen molar-refractivity contribution in [1.29, 1.82) is 0 Å². The van der Waals surface area contributed by atoms with Crippen LogP contribution in [0.3, 0.4) is 0 Å². The van der Waals surface area contributed by atoms with Gasteiger partial charge in [0.05, 0.1) is 6.54 Å². The van der Waals surface area contributed by atoms with Gasteiger partial charge in [-0.05, 0) is 33.1 Å². The van der Waals surface area contributed by atoms with Gasteiger partial charge in [-0.15, -0.1) is 0 Å². The second-order valence-electron chi connectivity index (χ2n) is 6.98. The van der Waals surface area contributed by atoms with E-state index in [-0.39, 0.29) is 29.8 Å². The molecule has 2 aliphatic heterocycles. The Bertz CT molecular complexity index is 467. The summed E-state index contributed by atoms with van der Waals surface area (Å²) in [5, 5.41) is 5.92. The van der Waals surface area contributed by atoms with Gasteiger partial charge < -0.3 is 20.4 Å². The second-order valence-corrected chi connectivity index (χ2v) is 6.98. The fraction of sp³-hybridized carbons (Fsp3) is 0.824. The highest BCUT2D eigenvalue weighted by Crippen LogP contribution is 2.18. The summed E-state index contributed by atoms with van der Waals surface area (Å²) in [6.07, 6.45) is 3.25. The van der Waals surface area contributed by atoms with E-state index in [4.69, 9.17) is 0 Å². The van der Waals surface area contributed by atoms with E-state index in [0.717, 1.165) is 32.5 Å². The molecule has 2 N–H and O–H groups in total. The molecule has 0 spiro atoms. The molecule has 2 heterocycles. The first kappa shape index (κ1) is 18.7. The van der Waals surface area contributed by atoms with Crippen LogP contribution in [0.25, 0.3) is 0 Å². The fourth-order valence-electron chi connectivity index (χ4n) is 3.40. The van der Waals surface area contributed by atoms with Crippen LogP contribution in [0, 0.1) is 0 Å². The number of nitrogens with one attached hydrogen (secondary N) is 2. The SMILES string of the molecule is CC(C)NC(=O)CCCC(=O)N1CCCC(N2CCNCC2=O)C1. The largest absolute Gasteiger partial charge is 0.354 e. The number of nitrogens with zero attached hydrogens (tertiary/aromatic N) is 2. The first-order chi connectivity index (χ1) is 11.5. The molecule has 1 unspecified atom stereocenters. The molecular formula is C17H30N4O3. The van der Waals surface area contributed by atoms with Crippen molar-refractivity contribution in [2.24, 2.45) is 0 Å². The lowest BCUT2D eigenvalue weighted by Crippen LogP contribution is -2.57. The Morgan fingerprint density at radius 3 is 2.79 bits per heavy atom. The number of rotatable bonds is 6. The number of carbonyl (C=O) groups is 3. The number of carbonyl (C=O) groups excluding carboxylic acids is 3. The zero-order valence-electron chi connectivity index (χ0n) is 14.8. The van der Waals surface area contributed by atoms with Gasteiger partial charge in [-0.2, -0.15) is 0 Å². The number of hydrogen-bond acceptors (Lipinski definition) is 4. The number of piperidine rings is 1. The summed E-state index contributed by atoms with van der Waals surface area (Å²) in [4.78, 5) is 39.8. The molecule has 24 heavy (non-hydrogen) atoms. The van der Waals surface area contributed by atoms with E-state index in [9.17, 15) is 14.4 Å². The maximum Gasteiger partial charge on any atom is 0.236 e. The van der Waals surface area contributed by atoms with Crippen molar-refractivity contribution in [2.75, 3.05) is 32.7 Å². The van der Waals surface area contributed by atoms with Crippen LogP contribution in [0.1, 0.15) is 46.0 Å². The minimum Gasteiger partial charge on any atom is -0.354 e. The van der Waals surface area contributed by atoms with Crippen LogP contribution >= 0.6 is 0 Å². The second kappa shape index (κ2) is 9.01. The highest BCUT2D eigenvalue weighted by molar-refractivity contribution is 5.80. The van der Waals surface area contributed by atoms with Gasteiger partial charge in [-0.3, -0.25) is 14.4 Å². The number of piperazine rings is 1. The molecule has 1 atom stereocenters. The number of amides is 3. The van der Waals surface area contributed by atoms with Gasteiger partial charge in [0.25, 0.3) is 0 Å². The van der Waals surface area contributed by atoms with Crippen molar-refractivity contribution in [1.82, 2.24) is 20.4 Å². The Labute approximate surface area is 144 Å². The molecule has 0 radical (unpaired) electrons. The van der Waals surface area contributed by atoms with E-state index in [1.165, 1.54) is 0 Å². The molecule has 0 bridgehead atoms. The summed E-state index contributed by atoms with van der Waals surface area (Å²) in [5.74, 6) is 0.228.